The maximum Gasteiger partial charge on any atom is 0.179 e. The molecule has 0 fully saturated rings. The van der Waals surface area contributed by atoms with Crippen LogP contribution in [0.3, 0.4) is 0 Å². The van der Waals surface area contributed by atoms with Crippen molar-refractivity contribution in [3.05, 3.63) is 22.2 Å². The molecule has 1 unspecified atom stereocenters. The fraction of sp³-hybridized carbons (Fsp3) is 0.308. The van der Waals surface area contributed by atoms with E-state index in [0.717, 1.165) is 6.26 Å². The van der Waals surface area contributed by atoms with Crippen molar-refractivity contribution in [2.45, 2.75) is 11.3 Å². The molecule has 0 saturated carbocycles. The molecule has 1 rings (SSSR count). The van der Waals surface area contributed by atoms with Crippen molar-refractivity contribution < 1.29 is 22.7 Å². The van der Waals surface area contributed by atoms with E-state index >= 15 is 0 Å². The van der Waals surface area contributed by atoms with E-state index in [4.69, 9.17) is 10.00 Å². The predicted octanol–water partition coefficient (Wildman–Crippen LogP) is 1.31. The molecule has 0 N–H and O–H groups in total. The highest BCUT2D eigenvalue weighted by Gasteiger charge is 2.23. The zero-order valence-electron chi connectivity index (χ0n) is 11.3. The quantitative estimate of drug-likeness (QED) is 0.550. The van der Waals surface area contributed by atoms with E-state index in [1.165, 1.54) is 19.2 Å². The molecule has 1 aromatic rings. The maximum atomic E-state index is 11.8. The van der Waals surface area contributed by atoms with Crippen molar-refractivity contribution in [3.63, 3.8) is 0 Å². The molecule has 112 valence electrons. The van der Waals surface area contributed by atoms with Gasteiger partial charge in [-0.15, -0.1) is 0 Å². The van der Waals surface area contributed by atoms with Gasteiger partial charge in [-0.25, -0.2) is 8.42 Å². The number of Topliss-reactive ketones (excluding diaryl/α,β-unsaturated/α-hetero) is 1. The molecule has 1 aromatic carbocycles. The van der Waals surface area contributed by atoms with E-state index in [1.807, 2.05) is 0 Å². The molecule has 1 atom stereocenters. The summed E-state index contributed by atoms with van der Waals surface area (Å²) in [7, 11) is -2.18. The molecule has 0 aliphatic rings. The number of hydrogen-bond acceptors (Lipinski definition) is 6. The number of benzene rings is 1. The molecule has 6 nitrogen and oxygen atoms in total. The third-order valence-electron chi connectivity index (χ3n) is 2.73. The van der Waals surface area contributed by atoms with Gasteiger partial charge in [0, 0.05) is 12.7 Å². The van der Waals surface area contributed by atoms with Gasteiger partial charge in [-0.05, 0) is 27.6 Å². The Hall–Kier alpha value is -1.72. The Morgan fingerprint density at radius 3 is 2.57 bits per heavy atom. The summed E-state index contributed by atoms with van der Waals surface area (Å²) in [6, 6.07) is 4.36. The number of carbonyl (C=O) groups excluding carboxylic acids is 2. The predicted molar refractivity (Wildman–Crippen MR) is 77.7 cm³/mol. The first kappa shape index (κ1) is 17.3. The Labute approximate surface area is 130 Å². The monoisotopic (exact) mass is 373 g/mol. The fourth-order valence-electron chi connectivity index (χ4n) is 1.67. The van der Waals surface area contributed by atoms with E-state index in [-0.39, 0.29) is 23.4 Å². The summed E-state index contributed by atoms with van der Waals surface area (Å²) >= 11 is 3.19. The van der Waals surface area contributed by atoms with Gasteiger partial charge in [0.15, 0.2) is 27.3 Å². The highest BCUT2D eigenvalue weighted by atomic mass is 79.9. The molecular formula is C13H12BrNO5S. The number of aldehydes is 1. The number of sulfone groups is 1. The third-order valence-corrected chi connectivity index (χ3v) is 4.72. The summed E-state index contributed by atoms with van der Waals surface area (Å²) < 4.78 is 28.7. The normalized spacial score (nSPS) is 12.3. The van der Waals surface area contributed by atoms with Gasteiger partial charge in [-0.2, -0.15) is 5.26 Å². The Balaban J connectivity index is 3.27. The van der Waals surface area contributed by atoms with Gasteiger partial charge in [0.1, 0.15) is 11.2 Å². The second-order valence-corrected chi connectivity index (χ2v) is 7.01. The Bertz CT molecular complexity index is 721. The van der Waals surface area contributed by atoms with Crippen LogP contribution in [0, 0.1) is 17.2 Å². The van der Waals surface area contributed by atoms with Gasteiger partial charge in [0.25, 0.3) is 0 Å². The lowest BCUT2D eigenvalue weighted by Crippen LogP contribution is -2.17. The number of halogens is 1. The molecule has 0 bridgehead atoms. The van der Waals surface area contributed by atoms with Gasteiger partial charge in [-0.3, -0.25) is 4.79 Å². The van der Waals surface area contributed by atoms with Crippen molar-refractivity contribution in [1.82, 2.24) is 0 Å². The molecule has 0 radical (unpaired) electrons. The minimum Gasteiger partial charge on any atom is -0.494 e. The fourth-order valence-corrected chi connectivity index (χ4v) is 3.29. The number of ketones is 1. The van der Waals surface area contributed by atoms with E-state index in [2.05, 4.69) is 15.9 Å². The van der Waals surface area contributed by atoms with Crippen LogP contribution < -0.4 is 4.74 Å². The highest BCUT2D eigenvalue weighted by molar-refractivity contribution is 9.10. The van der Waals surface area contributed by atoms with Crippen LogP contribution in [-0.2, 0) is 25.8 Å². The lowest BCUT2D eigenvalue weighted by molar-refractivity contribution is -0.124. The number of carbonyl (C=O) groups is 2. The van der Waals surface area contributed by atoms with Gasteiger partial charge in [-0.1, -0.05) is 6.07 Å². The van der Waals surface area contributed by atoms with Gasteiger partial charge in [0.2, 0.25) is 0 Å². The van der Waals surface area contributed by atoms with E-state index in [9.17, 15) is 18.0 Å². The van der Waals surface area contributed by atoms with Crippen LogP contribution in [0.4, 0.5) is 0 Å². The van der Waals surface area contributed by atoms with E-state index in [1.54, 1.807) is 6.07 Å². The van der Waals surface area contributed by atoms with Crippen LogP contribution >= 0.6 is 15.9 Å². The molecule has 8 heteroatoms. The number of nitrogens with zero attached hydrogens (tertiary/aromatic N) is 1. The number of hydrogen-bond donors (Lipinski definition) is 0. The van der Waals surface area contributed by atoms with Crippen molar-refractivity contribution in [2.24, 2.45) is 5.92 Å². The molecule has 0 aromatic heterocycles. The van der Waals surface area contributed by atoms with Crippen molar-refractivity contribution in [1.29, 1.82) is 5.26 Å². The van der Waals surface area contributed by atoms with E-state index in [0.29, 0.717) is 10.0 Å². The topological polar surface area (TPSA) is 101 Å². The van der Waals surface area contributed by atoms with Crippen LogP contribution in [0.25, 0.3) is 0 Å². The van der Waals surface area contributed by atoms with Crippen molar-refractivity contribution in [3.8, 4) is 11.8 Å². The average Bonchev–Trinajstić information content (AvgIpc) is 2.40. The summed E-state index contributed by atoms with van der Waals surface area (Å²) in [6.07, 6.45) is 1.14. The smallest absolute Gasteiger partial charge is 0.179 e. The lowest BCUT2D eigenvalue weighted by atomic mass is 10.00. The molecule has 0 saturated heterocycles. The van der Waals surface area contributed by atoms with Gasteiger partial charge < -0.3 is 9.53 Å². The lowest BCUT2D eigenvalue weighted by Gasteiger charge is -2.13. The molecular weight excluding hydrogens is 362 g/mol. The zero-order valence-corrected chi connectivity index (χ0v) is 13.7. The summed E-state index contributed by atoms with van der Waals surface area (Å²) in [6.45, 7) is 0. The summed E-state index contributed by atoms with van der Waals surface area (Å²) in [4.78, 5) is 22.4. The van der Waals surface area contributed by atoms with Crippen LogP contribution in [0.2, 0.25) is 0 Å². The number of nitriles is 1. The number of methoxy groups -OCH3 is 1. The molecule has 0 aliphatic heterocycles. The second-order valence-electron chi connectivity index (χ2n) is 4.23. The summed E-state index contributed by atoms with van der Waals surface area (Å²) in [5.74, 6) is -1.82. The van der Waals surface area contributed by atoms with Gasteiger partial charge >= 0.3 is 0 Å². The first-order valence-corrected chi connectivity index (χ1v) is 8.37. The first-order chi connectivity index (χ1) is 9.76. The van der Waals surface area contributed by atoms with Crippen LogP contribution in [0.1, 0.15) is 5.56 Å². The number of ether oxygens (including phenoxy) is 1. The largest absolute Gasteiger partial charge is 0.494 e. The van der Waals surface area contributed by atoms with Crippen molar-refractivity contribution >= 4 is 37.8 Å². The molecule has 21 heavy (non-hydrogen) atoms. The van der Waals surface area contributed by atoms with Crippen LogP contribution in [0.15, 0.2) is 21.5 Å². The molecule has 0 aliphatic carbocycles. The molecule has 0 spiro atoms. The summed E-state index contributed by atoms with van der Waals surface area (Å²) in [5.41, 5.74) is 0.436. The van der Waals surface area contributed by atoms with E-state index < -0.39 is 21.5 Å². The standard InChI is InChI=1S/C13H12BrNO5S/c1-20-13-11(21(2,18)19)4-3-8(12(13)14)5-10(17)9(6-15)7-16/h3-4,7,9H,5H2,1-2H3. The van der Waals surface area contributed by atoms with Crippen molar-refractivity contribution in [2.75, 3.05) is 13.4 Å². The first-order valence-electron chi connectivity index (χ1n) is 5.69. The minimum atomic E-state index is -3.49. The zero-order chi connectivity index (χ0) is 16.2. The van der Waals surface area contributed by atoms with Gasteiger partial charge in [0.05, 0.1) is 17.7 Å². The highest BCUT2D eigenvalue weighted by Crippen LogP contribution is 2.35. The summed E-state index contributed by atoms with van der Waals surface area (Å²) in [5, 5.41) is 8.68. The Kier molecular flexibility index (Phi) is 5.63. The third kappa shape index (κ3) is 3.89. The minimum absolute atomic E-state index is 0.0136. The molecule has 0 heterocycles. The number of rotatable bonds is 6. The van der Waals surface area contributed by atoms with Crippen LogP contribution in [0.5, 0.6) is 5.75 Å². The average molecular weight is 374 g/mol. The van der Waals surface area contributed by atoms with Crippen LogP contribution in [-0.4, -0.2) is 33.9 Å². The SMILES string of the molecule is COc1c(S(C)(=O)=O)ccc(CC(=O)C(C#N)C=O)c1Br. The molecule has 0 amide bonds. The Morgan fingerprint density at radius 1 is 1.52 bits per heavy atom. The second kappa shape index (κ2) is 6.83. The Morgan fingerprint density at radius 2 is 2.14 bits per heavy atom. The maximum absolute atomic E-state index is 11.8.